The van der Waals surface area contributed by atoms with Crippen LogP contribution in [0.15, 0.2) is 29.2 Å². The third-order valence-corrected chi connectivity index (χ3v) is 10.5. The second-order valence-electron chi connectivity index (χ2n) is 10.1. The SMILES string of the molecule is O=C(NCC1CCCCN1S(=O)(=O)c1ccccc1Cl)C12CC3CC(CC(C3)C1)C2. The van der Waals surface area contributed by atoms with E-state index in [9.17, 15) is 13.2 Å². The van der Waals surface area contributed by atoms with Crippen LogP contribution >= 0.6 is 11.6 Å². The van der Waals surface area contributed by atoms with Gasteiger partial charge in [0.2, 0.25) is 15.9 Å². The molecule has 1 atom stereocenters. The minimum absolute atomic E-state index is 0.158. The van der Waals surface area contributed by atoms with Gasteiger partial charge in [-0.05, 0) is 81.3 Å². The molecule has 6 rings (SSSR count). The zero-order chi connectivity index (χ0) is 20.9. The van der Waals surface area contributed by atoms with Crippen molar-refractivity contribution in [3.63, 3.8) is 0 Å². The Kier molecular flexibility index (Phi) is 5.39. The van der Waals surface area contributed by atoms with Gasteiger partial charge >= 0.3 is 0 Å². The Hall–Kier alpha value is -1.11. The van der Waals surface area contributed by atoms with Crippen molar-refractivity contribution in [2.75, 3.05) is 13.1 Å². The van der Waals surface area contributed by atoms with Gasteiger partial charge in [-0.15, -0.1) is 0 Å². The molecule has 0 radical (unpaired) electrons. The Bertz CT molecular complexity index is 897. The van der Waals surface area contributed by atoms with E-state index in [1.165, 1.54) is 19.3 Å². The first kappa shape index (κ1) is 20.8. The van der Waals surface area contributed by atoms with Crippen LogP contribution in [0, 0.1) is 23.2 Å². The summed E-state index contributed by atoms with van der Waals surface area (Å²) in [4.78, 5) is 13.5. The van der Waals surface area contributed by atoms with Gasteiger partial charge in [0.15, 0.2) is 0 Å². The molecule has 0 aromatic heterocycles. The van der Waals surface area contributed by atoms with E-state index < -0.39 is 10.0 Å². The summed E-state index contributed by atoms with van der Waals surface area (Å²) < 4.78 is 28.2. The van der Waals surface area contributed by atoms with Crippen LogP contribution in [0.5, 0.6) is 0 Å². The molecule has 1 aromatic carbocycles. The maximum absolute atomic E-state index is 13.3. The van der Waals surface area contributed by atoms with Crippen LogP contribution in [-0.4, -0.2) is 37.8 Å². The summed E-state index contributed by atoms with van der Waals surface area (Å²) in [6.45, 7) is 0.871. The Morgan fingerprint density at radius 3 is 2.33 bits per heavy atom. The molecule has 164 valence electrons. The van der Waals surface area contributed by atoms with Crippen LogP contribution < -0.4 is 5.32 Å². The number of carbonyl (C=O) groups is 1. The maximum Gasteiger partial charge on any atom is 0.244 e. The third-order valence-electron chi connectivity index (χ3n) is 8.01. The second-order valence-corrected chi connectivity index (χ2v) is 12.4. The highest BCUT2D eigenvalue weighted by Gasteiger charge is 2.54. The van der Waals surface area contributed by atoms with Gasteiger partial charge < -0.3 is 5.32 Å². The van der Waals surface area contributed by atoms with Crippen molar-refractivity contribution in [1.29, 1.82) is 0 Å². The molecule has 5 nitrogen and oxygen atoms in total. The lowest BCUT2D eigenvalue weighted by Gasteiger charge is -2.55. The number of sulfonamides is 1. The topological polar surface area (TPSA) is 66.5 Å². The molecule has 5 fully saturated rings. The molecule has 5 aliphatic rings. The summed E-state index contributed by atoms with van der Waals surface area (Å²) in [5, 5.41) is 3.45. The highest BCUT2D eigenvalue weighted by molar-refractivity contribution is 7.89. The average Bonchev–Trinajstić information content (AvgIpc) is 2.71. The van der Waals surface area contributed by atoms with Crippen molar-refractivity contribution < 1.29 is 13.2 Å². The molecule has 30 heavy (non-hydrogen) atoms. The summed E-state index contributed by atoms with van der Waals surface area (Å²) in [5.41, 5.74) is -0.199. The van der Waals surface area contributed by atoms with Gasteiger partial charge in [-0.25, -0.2) is 8.42 Å². The quantitative estimate of drug-likeness (QED) is 0.730. The first-order chi connectivity index (χ1) is 14.4. The Labute approximate surface area is 184 Å². The summed E-state index contributed by atoms with van der Waals surface area (Å²) in [7, 11) is -3.68. The van der Waals surface area contributed by atoms with Crippen molar-refractivity contribution in [3.8, 4) is 0 Å². The van der Waals surface area contributed by atoms with E-state index in [0.29, 0.717) is 30.8 Å². The number of halogens is 1. The van der Waals surface area contributed by atoms with E-state index in [4.69, 9.17) is 11.6 Å². The van der Waals surface area contributed by atoms with Crippen LogP contribution in [0.1, 0.15) is 57.8 Å². The molecule has 1 N–H and O–H groups in total. The van der Waals surface area contributed by atoms with Crippen molar-refractivity contribution in [3.05, 3.63) is 29.3 Å². The van der Waals surface area contributed by atoms with E-state index in [1.54, 1.807) is 28.6 Å². The zero-order valence-electron chi connectivity index (χ0n) is 17.4. The Balaban J connectivity index is 1.30. The van der Waals surface area contributed by atoms with E-state index in [1.807, 2.05) is 0 Å². The number of hydrogen-bond acceptors (Lipinski definition) is 3. The zero-order valence-corrected chi connectivity index (χ0v) is 18.9. The molecular formula is C23H31ClN2O3S. The number of carbonyl (C=O) groups excluding carboxylic acids is 1. The molecule has 1 unspecified atom stereocenters. The van der Waals surface area contributed by atoms with E-state index in [0.717, 1.165) is 38.5 Å². The molecule has 1 aromatic rings. The van der Waals surface area contributed by atoms with E-state index in [-0.39, 0.29) is 27.3 Å². The van der Waals surface area contributed by atoms with Crippen LogP contribution in [-0.2, 0) is 14.8 Å². The molecule has 4 bridgehead atoms. The van der Waals surface area contributed by atoms with Crippen LogP contribution in [0.4, 0.5) is 0 Å². The van der Waals surface area contributed by atoms with Gasteiger partial charge in [-0.2, -0.15) is 4.31 Å². The molecule has 4 saturated carbocycles. The van der Waals surface area contributed by atoms with Crippen molar-refractivity contribution >= 4 is 27.5 Å². The fraction of sp³-hybridized carbons (Fsp3) is 0.696. The lowest BCUT2D eigenvalue weighted by atomic mass is 9.49. The number of rotatable bonds is 5. The maximum atomic E-state index is 13.3. The number of nitrogens with one attached hydrogen (secondary N) is 1. The molecule has 1 amide bonds. The average molecular weight is 451 g/mol. The van der Waals surface area contributed by atoms with Crippen LogP contribution in [0.25, 0.3) is 0 Å². The Morgan fingerprint density at radius 2 is 1.70 bits per heavy atom. The molecular weight excluding hydrogens is 420 g/mol. The van der Waals surface area contributed by atoms with Gasteiger partial charge in [0, 0.05) is 24.5 Å². The highest BCUT2D eigenvalue weighted by Crippen LogP contribution is 2.60. The number of hydrogen-bond donors (Lipinski definition) is 1. The van der Waals surface area contributed by atoms with Gasteiger partial charge in [0.05, 0.1) is 5.02 Å². The summed E-state index contributed by atoms with van der Waals surface area (Å²) in [6.07, 6.45) is 9.57. The summed E-state index contributed by atoms with van der Waals surface area (Å²) >= 11 is 6.20. The van der Waals surface area contributed by atoms with Crippen LogP contribution in [0.2, 0.25) is 5.02 Å². The van der Waals surface area contributed by atoms with Gasteiger partial charge in [0.25, 0.3) is 0 Å². The predicted octanol–water partition coefficient (Wildman–Crippen LogP) is 4.22. The largest absolute Gasteiger partial charge is 0.354 e. The number of benzene rings is 1. The first-order valence-electron chi connectivity index (χ1n) is 11.4. The standard InChI is InChI=1S/C23H31ClN2O3S/c24-20-6-1-2-7-21(20)30(28,29)26-8-4-3-5-19(26)15-25-22(27)23-12-16-9-17(13-23)11-18(10-16)14-23/h1-2,6-7,16-19H,3-5,8-15H2,(H,25,27). The number of nitrogens with zero attached hydrogens (tertiary/aromatic N) is 1. The summed E-state index contributed by atoms with van der Waals surface area (Å²) in [6, 6.07) is 6.41. The Morgan fingerprint density at radius 1 is 1.07 bits per heavy atom. The molecule has 1 heterocycles. The number of amides is 1. The fourth-order valence-corrected chi connectivity index (χ4v) is 9.25. The minimum Gasteiger partial charge on any atom is -0.354 e. The van der Waals surface area contributed by atoms with Crippen molar-refractivity contribution in [1.82, 2.24) is 9.62 Å². The molecule has 4 aliphatic carbocycles. The minimum atomic E-state index is -3.68. The lowest BCUT2D eigenvalue weighted by Crippen LogP contribution is -2.56. The number of piperidine rings is 1. The molecule has 0 spiro atoms. The van der Waals surface area contributed by atoms with E-state index in [2.05, 4.69) is 5.32 Å². The highest BCUT2D eigenvalue weighted by atomic mass is 35.5. The summed E-state index contributed by atoms with van der Waals surface area (Å²) in [5.74, 6) is 2.32. The smallest absolute Gasteiger partial charge is 0.244 e. The molecule has 7 heteroatoms. The van der Waals surface area contributed by atoms with Crippen LogP contribution in [0.3, 0.4) is 0 Å². The molecule has 1 saturated heterocycles. The normalized spacial score (nSPS) is 36.0. The van der Waals surface area contributed by atoms with E-state index >= 15 is 0 Å². The third kappa shape index (κ3) is 3.59. The monoisotopic (exact) mass is 450 g/mol. The van der Waals surface area contributed by atoms with Gasteiger partial charge in [-0.3, -0.25) is 4.79 Å². The molecule has 1 aliphatic heterocycles. The fourth-order valence-electron chi connectivity index (χ4n) is 7.06. The second kappa shape index (κ2) is 7.79. The van der Waals surface area contributed by atoms with Crippen molar-refractivity contribution in [2.45, 2.75) is 68.7 Å². The van der Waals surface area contributed by atoms with Gasteiger partial charge in [0.1, 0.15) is 4.90 Å². The predicted molar refractivity (Wildman–Crippen MR) is 117 cm³/mol. The lowest BCUT2D eigenvalue weighted by molar-refractivity contribution is -0.146. The first-order valence-corrected chi connectivity index (χ1v) is 13.2. The van der Waals surface area contributed by atoms with Crippen molar-refractivity contribution in [2.24, 2.45) is 23.2 Å². The van der Waals surface area contributed by atoms with Gasteiger partial charge in [-0.1, -0.05) is 30.2 Å².